The molecule has 0 aliphatic rings. The van der Waals surface area contributed by atoms with Crippen LogP contribution in [0.2, 0.25) is 0 Å². The number of carbonyl (C=O) groups excluding carboxylic acids is 1. The third-order valence-corrected chi connectivity index (χ3v) is 3.35. The summed E-state index contributed by atoms with van der Waals surface area (Å²) in [7, 11) is 1.72. The first kappa shape index (κ1) is 10.7. The highest BCUT2D eigenvalue weighted by atomic mass is 32.1. The number of carbonyl (C=O) groups is 1. The molecule has 2 rings (SSSR count). The van der Waals surface area contributed by atoms with Gasteiger partial charge in [0.2, 0.25) is 0 Å². The Morgan fingerprint density at radius 2 is 2.25 bits per heavy atom. The summed E-state index contributed by atoms with van der Waals surface area (Å²) < 4.78 is 1.12. The van der Waals surface area contributed by atoms with E-state index in [-0.39, 0.29) is 5.91 Å². The Bertz CT molecular complexity index is 565. The number of hydrogen-bond acceptors (Lipinski definition) is 2. The van der Waals surface area contributed by atoms with Gasteiger partial charge in [0.05, 0.1) is 12.1 Å². The summed E-state index contributed by atoms with van der Waals surface area (Å²) >= 11 is 1.58. The SMILES string of the molecule is C#CCN(C)C(=O)c1csc2ccccc12. The Kier molecular flexibility index (Phi) is 2.93. The Morgan fingerprint density at radius 1 is 1.50 bits per heavy atom. The van der Waals surface area contributed by atoms with E-state index < -0.39 is 0 Å². The molecule has 0 saturated heterocycles. The van der Waals surface area contributed by atoms with Crippen LogP contribution in [-0.2, 0) is 0 Å². The topological polar surface area (TPSA) is 20.3 Å². The molecule has 0 atom stereocenters. The normalized spacial score (nSPS) is 10.0. The number of amides is 1. The van der Waals surface area contributed by atoms with Gasteiger partial charge in [0.25, 0.3) is 5.91 Å². The fourth-order valence-corrected chi connectivity index (χ4v) is 2.49. The molecule has 1 amide bonds. The summed E-state index contributed by atoms with van der Waals surface area (Å²) in [6.07, 6.45) is 5.19. The number of hydrogen-bond donors (Lipinski definition) is 0. The van der Waals surface area contributed by atoms with E-state index in [4.69, 9.17) is 6.42 Å². The first-order valence-corrected chi connectivity index (χ1v) is 5.77. The molecule has 2 aromatic rings. The summed E-state index contributed by atoms with van der Waals surface area (Å²) in [6.45, 7) is 0.336. The molecule has 0 bridgehead atoms. The van der Waals surface area contributed by atoms with Crippen LogP contribution in [0.5, 0.6) is 0 Å². The van der Waals surface area contributed by atoms with Gasteiger partial charge in [0.15, 0.2) is 0 Å². The Labute approximate surface area is 98.5 Å². The molecular formula is C13H11NOS. The molecule has 1 aromatic heterocycles. The number of thiophene rings is 1. The van der Waals surface area contributed by atoms with Gasteiger partial charge in [0.1, 0.15) is 0 Å². The minimum atomic E-state index is -0.0181. The molecule has 1 heterocycles. The van der Waals surface area contributed by atoms with Gasteiger partial charge in [-0.2, -0.15) is 0 Å². The van der Waals surface area contributed by atoms with Crippen LogP contribution >= 0.6 is 11.3 Å². The van der Waals surface area contributed by atoms with E-state index in [2.05, 4.69) is 5.92 Å². The van der Waals surface area contributed by atoms with Crippen molar-refractivity contribution in [3.63, 3.8) is 0 Å². The van der Waals surface area contributed by atoms with Gasteiger partial charge in [-0.1, -0.05) is 24.1 Å². The van der Waals surface area contributed by atoms with E-state index in [0.29, 0.717) is 6.54 Å². The van der Waals surface area contributed by atoms with Crippen LogP contribution in [0.3, 0.4) is 0 Å². The third-order valence-electron chi connectivity index (χ3n) is 2.39. The van der Waals surface area contributed by atoms with Crippen LogP contribution in [0.25, 0.3) is 10.1 Å². The molecule has 0 saturated carbocycles. The zero-order chi connectivity index (χ0) is 11.5. The maximum absolute atomic E-state index is 12.0. The van der Waals surface area contributed by atoms with Crippen molar-refractivity contribution >= 4 is 27.3 Å². The van der Waals surface area contributed by atoms with Crippen molar-refractivity contribution in [1.29, 1.82) is 0 Å². The van der Waals surface area contributed by atoms with E-state index in [9.17, 15) is 4.79 Å². The second kappa shape index (κ2) is 4.38. The predicted molar refractivity (Wildman–Crippen MR) is 67.6 cm³/mol. The molecule has 0 fully saturated rings. The van der Waals surface area contributed by atoms with Gasteiger partial charge in [0, 0.05) is 22.5 Å². The van der Waals surface area contributed by atoms with Crippen LogP contribution in [0.1, 0.15) is 10.4 Å². The van der Waals surface area contributed by atoms with E-state index in [0.717, 1.165) is 15.6 Å². The van der Waals surface area contributed by atoms with Gasteiger partial charge in [-0.05, 0) is 6.07 Å². The lowest BCUT2D eigenvalue weighted by Gasteiger charge is -2.12. The molecule has 0 N–H and O–H groups in total. The van der Waals surface area contributed by atoms with Gasteiger partial charge < -0.3 is 4.90 Å². The van der Waals surface area contributed by atoms with Crippen molar-refractivity contribution in [3.8, 4) is 12.3 Å². The molecule has 0 unspecified atom stereocenters. The van der Waals surface area contributed by atoms with Gasteiger partial charge in [-0.25, -0.2) is 0 Å². The van der Waals surface area contributed by atoms with Crippen LogP contribution < -0.4 is 0 Å². The van der Waals surface area contributed by atoms with Crippen LogP contribution in [0.4, 0.5) is 0 Å². The summed E-state index contributed by atoms with van der Waals surface area (Å²) in [5.41, 5.74) is 0.735. The predicted octanol–water partition coefficient (Wildman–Crippen LogP) is 2.61. The highest BCUT2D eigenvalue weighted by Gasteiger charge is 2.14. The molecule has 80 valence electrons. The minimum absolute atomic E-state index is 0.0181. The maximum Gasteiger partial charge on any atom is 0.255 e. The average molecular weight is 229 g/mol. The highest BCUT2D eigenvalue weighted by Crippen LogP contribution is 2.26. The number of terminal acetylenes is 1. The largest absolute Gasteiger partial charge is 0.331 e. The van der Waals surface area contributed by atoms with Crippen LogP contribution in [0, 0.1) is 12.3 Å². The third kappa shape index (κ3) is 1.80. The standard InChI is InChI=1S/C13H11NOS/c1-3-8-14(2)13(15)11-9-16-12-7-5-4-6-10(11)12/h1,4-7,9H,8H2,2H3. The van der Waals surface area contributed by atoms with E-state index in [1.54, 1.807) is 23.3 Å². The van der Waals surface area contributed by atoms with Crippen molar-refractivity contribution in [2.75, 3.05) is 13.6 Å². The van der Waals surface area contributed by atoms with E-state index in [1.165, 1.54) is 0 Å². The lowest BCUT2D eigenvalue weighted by Crippen LogP contribution is -2.26. The number of fused-ring (bicyclic) bond motifs is 1. The second-order valence-corrected chi connectivity index (χ2v) is 4.42. The number of nitrogens with zero attached hydrogens (tertiary/aromatic N) is 1. The zero-order valence-corrected chi connectivity index (χ0v) is 9.75. The molecule has 1 aromatic carbocycles. The number of benzene rings is 1. The number of rotatable bonds is 2. The Morgan fingerprint density at radius 3 is 3.00 bits per heavy atom. The lowest BCUT2D eigenvalue weighted by molar-refractivity contribution is 0.0815. The fourth-order valence-electron chi connectivity index (χ4n) is 1.56. The molecule has 0 radical (unpaired) electrons. The summed E-state index contributed by atoms with van der Waals surface area (Å²) in [5.74, 6) is 2.45. The quantitative estimate of drug-likeness (QED) is 0.725. The molecule has 0 spiro atoms. The molecule has 16 heavy (non-hydrogen) atoms. The molecule has 0 aliphatic heterocycles. The van der Waals surface area contributed by atoms with Gasteiger partial charge >= 0.3 is 0 Å². The molecule has 3 heteroatoms. The van der Waals surface area contributed by atoms with Crippen molar-refractivity contribution in [3.05, 3.63) is 35.2 Å². The van der Waals surface area contributed by atoms with Crippen LogP contribution in [0.15, 0.2) is 29.6 Å². The summed E-state index contributed by atoms with van der Waals surface area (Å²) in [5, 5.41) is 2.89. The highest BCUT2D eigenvalue weighted by molar-refractivity contribution is 7.17. The fraction of sp³-hybridized carbons (Fsp3) is 0.154. The minimum Gasteiger partial charge on any atom is -0.331 e. The van der Waals surface area contributed by atoms with Crippen molar-refractivity contribution in [2.24, 2.45) is 0 Å². The molecule has 0 aliphatic carbocycles. The Hall–Kier alpha value is -1.79. The van der Waals surface area contributed by atoms with Gasteiger partial charge in [-0.3, -0.25) is 4.79 Å². The van der Waals surface area contributed by atoms with Crippen molar-refractivity contribution < 1.29 is 4.79 Å². The smallest absolute Gasteiger partial charge is 0.255 e. The van der Waals surface area contributed by atoms with Gasteiger partial charge in [-0.15, -0.1) is 17.8 Å². The van der Waals surface area contributed by atoms with E-state index in [1.807, 2.05) is 29.6 Å². The second-order valence-electron chi connectivity index (χ2n) is 3.51. The monoisotopic (exact) mass is 229 g/mol. The lowest BCUT2D eigenvalue weighted by atomic mass is 10.1. The van der Waals surface area contributed by atoms with E-state index >= 15 is 0 Å². The Balaban J connectivity index is 2.41. The molecule has 2 nitrogen and oxygen atoms in total. The van der Waals surface area contributed by atoms with Crippen LogP contribution in [-0.4, -0.2) is 24.4 Å². The first-order valence-electron chi connectivity index (χ1n) is 4.89. The maximum atomic E-state index is 12.0. The molecular weight excluding hydrogens is 218 g/mol. The summed E-state index contributed by atoms with van der Waals surface area (Å²) in [6, 6.07) is 7.88. The van der Waals surface area contributed by atoms with Crippen molar-refractivity contribution in [2.45, 2.75) is 0 Å². The summed E-state index contributed by atoms with van der Waals surface area (Å²) in [4.78, 5) is 13.6. The average Bonchev–Trinajstić information content (AvgIpc) is 2.72. The van der Waals surface area contributed by atoms with Crippen molar-refractivity contribution in [1.82, 2.24) is 4.90 Å². The first-order chi connectivity index (χ1) is 7.74. The zero-order valence-electron chi connectivity index (χ0n) is 8.93.